The van der Waals surface area contributed by atoms with Crippen molar-refractivity contribution < 1.29 is 19.0 Å². The summed E-state index contributed by atoms with van der Waals surface area (Å²) in [5.41, 5.74) is -0.985. The summed E-state index contributed by atoms with van der Waals surface area (Å²) < 4.78 is 17.5. The molecular formula is C21H26O4. The third-order valence-corrected chi connectivity index (χ3v) is 7.99. The Labute approximate surface area is 148 Å². The van der Waals surface area contributed by atoms with Crippen molar-refractivity contribution in [1.29, 1.82) is 0 Å². The fourth-order valence-electron chi connectivity index (χ4n) is 6.85. The number of hydrogen-bond donors (Lipinski definition) is 0. The van der Waals surface area contributed by atoms with Gasteiger partial charge < -0.3 is 14.2 Å². The molecule has 5 aliphatic rings. The van der Waals surface area contributed by atoms with Gasteiger partial charge >= 0.3 is 5.97 Å². The van der Waals surface area contributed by atoms with E-state index in [0.717, 1.165) is 12.8 Å². The van der Waals surface area contributed by atoms with Crippen LogP contribution in [0.3, 0.4) is 0 Å². The molecule has 25 heavy (non-hydrogen) atoms. The molecule has 2 heterocycles. The average Bonchev–Trinajstić information content (AvgIpc) is 2.83. The average molecular weight is 342 g/mol. The van der Waals surface area contributed by atoms with Crippen LogP contribution in [-0.2, 0) is 19.0 Å². The molecule has 0 unspecified atom stereocenters. The lowest BCUT2D eigenvalue weighted by Crippen LogP contribution is -2.65. The minimum Gasteiger partial charge on any atom is -0.498 e. The van der Waals surface area contributed by atoms with Gasteiger partial charge in [-0.05, 0) is 48.2 Å². The lowest BCUT2D eigenvalue weighted by atomic mass is 9.41. The van der Waals surface area contributed by atoms with Crippen molar-refractivity contribution in [3.05, 3.63) is 36.6 Å². The molecule has 3 aliphatic carbocycles. The highest BCUT2D eigenvalue weighted by Gasteiger charge is 2.74. The molecule has 0 aromatic rings. The third kappa shape index (κ3) is 1.61. The summed E-state index contributed by atoms with van der Waals surface area (Å²) in [5, 5.41) is 0. The van der Waals surface area contributed by atoms with E-state index in [0.29, 0.717) is 24.4 Å². The van der Waals surface area contributed by atoms with Gasteiger partial charge in [-0.3, -0.25) is 0 Å². The Bertz CT molecular complexity index is 709. The van der Waals surface area contributed by atoms with E-state index in [2.05, 4.69) is 32.1 Å². The van der Waals surface area contributed by atoms with Crippen LogP contribution in [0.25, 0.3) is 0 Å². The molecule has 0 radical (unpaired) electrons. The van der Waals surface area contributed by atoms with E-state index in [1.165, 1.54) is 7.11 Å². The molecule has 4 heteroatoms. The number of allylic oxidation sites excluding steroid dienone is 3. The number of esters is 1. The van der Waals surface area contributed by atoms with Gasteiger partial charge in [0.15, 0.2) is 5.60 Å². The molecule has 0 aromatic heterocycles. The van der Waals surface area contributed by atoms with Gasteiger partial charge in [-0.25, -0.2) is 4.79 Å². The number of hydrogen-bond acceptors (Lipinski definition) is 4. The topological polar surface area (TPSA) is 44.8 Å². The summed E-state index contributed by atoms with van der Waals surface area (Å²) in [4.78, 5) is 12.6. The SMILES string of the molecule is COC(=O)[C@@]12C=C[C@@H]3[C@@]4(C)CC=C[C@@H](C)[C@@H]4C[C@H]4OC=C[C@@H]1[C@@]34CO2. The molecule has 134 valence electrons. The van der Waals surface area contributed by atoms with Crippen LogP contribution in [0.5, 0.6) is 0 Å². The van der Waals surface area contributed by atoms with Crippen molar-refractivity contribution in [3.63, 3.8) is 0 Å². The normalized spacial score (nSPS) is 54.4. The van der Waals surface area contributed by atoms with Crippen LogP contribution in [0.15, 0.2) is 36.6 Å². The predicted molar refractivity (Wildman–Crippen MR) is 92.4 cm³/mol. The second kappa shape index (κ2) is 4.79. The molecule has 4 nitrogen and oxygen atoms in total. The van der Waals surface area contributed by atoms with E-state index in [4.69, 9.17) is 14.2 Å². The van der Waals surface area contributed by atoms with Gasteiger partial charge in [0.05, 0.1) is 20.0 Å². The molecule has 1 saturated carbocycles. The molecule has 1 spiro atoms. The first-order chi connectivity index (χ1) is 12.0. The number of fused-ring (bicyclic) bond motifs is 2. The Morgan fingerprint density at radius 3 is 2.88 bits per heavy atom. The lowest BCUT2D eigenvalue weighted by molar-refractivity contribution is -0.169. The molecule has 0 N–H and O–H groups in total. The molecule has 2 fully saturated rings. The maximum atomic E-state index is 12.6. The first-order valence-corrected chi connectivity index (χ1v) is 9.39. The Morgan fingerprint density at radius 2 is 2.08 bits per heavy atom. The summed E-state index contributed by atoms with van der Waals surface area (Å²) in [6.07, 6.45) is 15.0. The van der Waals surface area contributed by atoms with Crippen LogP contribution in [0, 0.1) is 34.5 Å². The summed E-state index contributed by atoms with van der Waals surface area (Å²) in [5.74, 6) is 1.17. The molecule has 2 aliphatic heterocycles. The maximum Gasteiger partial charge on any atom is 0.342 e. The molecule has 5 rings (SSSR count). The fourth-order valence-corrected chi connectivity index (χ4v) is 6.85. The van der Waals surface area contributed by atoms with Gasteiger partial charge in [-0.1, -0.05) is 32.1 Å². The van der Waals surface area contributed by atoms with Gasteiger partial charge in [0.1, 0.15) is 6.10 Å². The van der Waals surface area contributed by atoms with Crippen molar-refractivity contribution in [2.45, 2.75) is 38.4 Å². The number of rotatable bonds is 1. The van der Waals surface area contributed by atoms with E-state index >= 15 is 0 Å². The predicted octanol–water partition coefficient (Wildman–Crippen LogP) is 3.25. The smallest absolute Gasteiger partial charge is 0.342 e. The quantitative estimate of drug-likeness (QED) is 0.542. The molecule has 0 amide bonds. The van der Waals surface area contributed by atoms with Crippen molar-refractivity contribution >= 4 is 5.97 Å². The highest BCUT2D eigenvalue weighted by atomic mass is 16.6. The number of methoxy groups -OCH3 is 1. The number of carbonyl (C=O) groups is 1. The van der Waals surface area contributed by atoms with Crippen LogP contribution < -0.4 is 0 Å². The molecule has 0 aromatic carbocycles. The summed E-state index contributed by atoms with van der Waals surface area (Å²) in [7, 11) is 1.44. The highest BCUT2D eigenvalue weighted by molar-refractivity contribution is 5.84. The monoisotopic (exact) mass is 342 g/mol. The Morgan fingerprint density at radius 1 is 1.24 bits per heavy atom. The van der Waals surface area contributed by atoms with Gasteiger partial charge in [0.2, 0.25) is 0 Å². The minimum absolute atomic E-state index is 0.0137. The standard InChI is InChI=1S/C21H26O4/c1-13-5-4-8-19(2)14(13)11-17-20-12-25-21(18(22)23-3,9-6-15(19)20)16(20)7-10-24-17/h4-7,9-10,13-17H,8,11-12H2,1-3H3/t13-,14+,15-,16-,17-,19+,20-,21-/m1/s1. The zero-order valence-electron chi connectivity index (χ0n) is 15.1. The highest BCUT2D eigenvalue weighted by Crippen LogP contribution is 2.69. The van der Waals surface area contributed by atoms with Gasteiger partial charge in [0.25, 0.3) is 0 Å². The minimum atomic E-state index is -0.983. The molecule has 1 saturated heterocycles. The molecule has 2 bridgehead atoms. The van der Waals surface area contributed by atoms with Crippen LogP contribution in [0.1, 0.15) is 26.7 Å². The second-order valence-corrected chi connectivity index (χ2v) is 8.79. The molecular weight excluding hydrogens is 316 g/mol. The van der Waals surface area contributed by atoms with Crippen molar-refractivity contribution in [2.24, 2.45) is 34.5 Å². The Hall–Kier alpha value is -1.55. The van der Waals surface area contributed by atoms with Crippen molar-refractivity contribution in [1.82, 2.24) is 0 Å². The van der Waals surface area contributed by atoms with E-state index in [-0.39, 0.29) is 28.8 Å². The number of ether oxygens (including phenoxy) is 3. The fraction of sp³-hybridized carbons (Fsp3) is 0.667. The summed E-state index contributed by atoms with van der Waals surface area (Å²) >= 11 is 0. The van der Waals surface area contributed by atoms with Crippen LogP contribution in [0.4, 0.5) is 0 Å². The van der Waals surface area contributed by atoms with Gasteiger partial charge in [0, 0.05) is 11.3 Å². The number of carbonyl (C=O) groups excluding carboxylic acids is 1. The first-order valence-electron chi connectivity index (χ1n) is 9.39. The van der Waals surface area contributed by atoms with E-state index < -0.39 is 5.60 Å². The maximum absolute atomic E-state index is 12.6. The lowest BCUT2D eigenvalue weighted by Gasteiger charge is -2.63. The van der Waals surface area contributed by atoms with E-state index in [1.807, 2.05) is 12.2 Å². The second-order valence-electron chi connectivity index (χ2n) is 8.79. The van der Waals surface area contributed by atoms with Crippen molar-refractivity contribution in [2.75, 3.05) is 13.7 Å². The molecule has 8 atom stereocenters. The zero-order chi connectivity index (χ0) is 17.4. The zero-order valence-corrected chi connectivity index (χ0v) is 15.1. The largest absolute Gasteiger partial charge is 0.498 e. The Balaban J connectivity index is 1.70. The van der Waals surface area contributed by atoms with Crippen LogP contribution >= 0.6 is 0 Å². The van der Waals surface area contributed by atoms with Gasteiger partial charge in [-0.2, -0.15) is 0 Å². The third-order valence-electron chi connectivity index (χ3n) is 7.99. The summed E-state index contributed by atoms with van der Waals surface area (Å²) in [6, 6.07) is 0. The van der Waals surface area contributed by atoms with Gasteiger partial charge in [-0.15, -0.1) is 0 Å². The van der Waals surface area contributed by atoms with E-state index in [1.54, 1.807) is 6.26 Å². The van der Waals surface area contributed by atoms with Crippen LogP contribution in [0.2, 0.25) is 0 Å². The first kappa shape index (κ1) is 15.7. The van der Waals surface area contributed by atoms with Crippen molar-refractivity contribution in [3.8, 4) is 0 Å². The Kier molecular flexibility index (Phi) is 3.00. The van der Waals surface area contributed by atoms with E-state index in [9.17, 15) is 4.79 Å². The van der Waals surface area contributed by atoms with Crippen LogP contribution in [-0.4, -0.2) is 31.4 Å². The summed E-state index contributed by atoms with van der Waals surface area (Å²) in [6.45, 7) is 5.31.